The van der Waals surface area contributed by atoms with Crippen molar-refractivity contribution in [1.29, 1.82) is 0 Å². The molecule has 0 aliphatic carbocycles. The molecule has 0 unspecified atom stereocenters. The molecule has 0 saturated heterocycles. The molecule has 0 aliphatic heterocycles. The standard InChI is InChI=1S/C18H30O8/c1-11(23-13(19)9-15(21)25-17(3,4)5)12(2)24-14(20)10-16(22)26-18(6,7)8/h11-12H,9-10H2,1-8H3/t11-,12-/m1/s1. The summed E-state index contributed by atoms with van der Waals surface area (Å²) in [5, 5.41) is 0. The molecule has 0 rings (SSSR count). The van der Waals surface area contributed by atoms with Gasteiger partial charge in [0.05, 0.1) is 0 Å². The van der Waals surface area contributed by atoms with Crippen LogP contribution in [0.25, 0.3) is 0 Å². The number of esters is 4. The fourth-order valence-electron chi connectivity index (χ4n) is 1.68. The summed E-state index contributed by atoms with van der Waals surface area (Å²) in [5.74, 6) is -2.99. The van der Waals surface area contributed by atoms with Gasteiger partial charge in [-0.3, -0.25) is 19.2 Å². The predicted molar refractivity (Wildman–Crippen MR) is 92.0 cm³/mol. The first-order valence-corrected chi connectivity index (χ1v) is 8.41. The van der Waals surface area contributed by atoms with Crippen LogP contribution in [0.4, 0.5) is 0 Å². The second kappa shape index (κ2) is 9.54. The van der Waals surface area contributed by atoms with Gasteiger partial charge in [0.2, 0.25) is 0 Å². The molecule has 8 heteroatoms. The van der Waals surface area contributed by atoms with Crippen LogP contribution < -0.4 is 0 Å². The summed E-state index contributed by atoms with van der Waals surface area (Å²) in [7, 11) is 0. The predicted octanol–water partition coefficient (Wildman–Crippen LogP) is 2.31. The lowest BCUT2D eigenvalue weighted by molar-refractivity contribution is -0.174. The third kappa shape index (κ3) is 12.3. The Morgan fingerprint density at radius 1 is 0.615 bits per heavy atom. The van der Waals surface area contributed by atoms with Gasteiger partial charge in [0.1, 0.15) is 36.3 Å². The van der Waals surface area contributed by atoms with Crippen molar-refractivity contribution in [3.63, 3.8) is 0 Å². The van der Waals surface area contributed by atoms with E-state index < -0.39 is 60.1 Å². The van der Waals surface area contributed by atoms with Gasteiger partial charge in [0.25, 0.3) is 0 Å². The first-order valence-electron chi connectivity index (χ1n) is 8.41. The van der Waals surface area contributed by atoms with Crippen molar-refractivity contribution < 1.29 is 38.1 Å². The first-order chi connectivity index (χ1) is 11.6. The van der Waals surface area contributed by atoms with Crippen molar-refractivity contribution in [3.8, 4) is 0 Å². The smallest absolute Gasteiger partial charge is 0.317 e. The molecule has 2 atom stereocenters. The molecule has 0 N–H and O–H groups in total. The Morgan fingerprint density at radius 2 is 0.885 bits per heavy atom. The molecule has 0 radical (unpaired) electrons. The number of hydrogen-bond acceptors (Lipinski definition) is 8. The third-order valence-electron chi connectivity index (χ3n) is 2.71. The van der Waals surface area contributed by atoms with E-state index in [9.17, 15) is 19.2 Å². The maximum Gasteiger partial charge on any atom is 0.317 e. The first kappa shape index (κ1) is 23.9. The third-order valence-corrected chi connectivity index (χ3v) is 2.71. The zero-order chi connectivity index (χ0) is 20.7. The van der Waals surface area contributed by atoms with Crippen molar-refractivity contribution in [3.05, 3.63) is 0 Å². The normalized spacial score (nSPS) is 14.0. The van der Waals surface area contributed by atoms with Gasteiger partial charge in [-0.15, -0.1) is 0 Å². The summed E-state index contributed by atoms with van der Waals surface area (Å²) in [4.78, 5) is 46.6. The van der Waals surface area contributed by atoms with E-state index in [-0.39, 0.29) is 0 Å². The number of carbonyl (C=O) groups excluding carboxylic acids is 4. The summed E-state index contributed by atoms with van der Waals surface area (Å²) in [6, 6.07) is 0. The highest BCUT2D eigenvalue weighted by atomic mass is 16.6. The Hall–Kier alpha value is -2.12. The van der Waals surface area contributed by atoms with Crippen LogP contribution in [0.5, 0.6) is 0 Å². The zero-order valence-corrected chi connectivity index (χ0v) is 16.8. The van der Waals surface area contributed by atoms with Gasteiger partial charge in [-0.25, -0.2) is 0 Å². The molecule has 26 heavy (non-hydrogen) atoms. The van der Waals surface area contributed by atoms with Gasteiger partial charge in [0, 0.05) is 0 Å². The molecular weight excluding hydrogens is 344 g/mol. The van der Waals surface area contributed by atoms with E-state index in [1.54, 1.807) is 41.5 Å². The minimum atomic E-state index is -0.799. The fourth-order valence-corrected chi connectivity index (χ4v) is 1.68. The largest absolute Gasteiger partial charge is 0.460 e. The Labute approximate surface area is 154 Å². The lowest BCUT2D eigenvalue weighted by Gasteiger charge is -2.22. The molecule has 0 saturated carbocycles. The second-order valence-electron chi connectivity index (χ2n) is 7.92. The topological polar surface area (TPSA) is 105 Å². The van der Waals surface area contributed by atoms with Crippen LogP contribution in [-0.4, -0.2) is 47.3 Å². The molecule has 0 amide bonds. The SMILES string of the molecule is C[C@@H](OC(=O)CC(=O)OC(C)(C)C)[C@@H](C)OC(=O)CC(=O)OC(C)(C)C. The molecule has 0 aromatic carbocycles. The van der Waals surface area contributed by atoms with Crippen molar-refractivity contribution in [2.45, 2.75) is 91.6 Å². The van der Waals surface area contributed by atoms with E-state index in [0.29, 0.717) is 0 Å². The molecule has 0 aromatic heterocycles. The number of rotatable bonds is 7. The van der Waals surface area contributed by atoms with Crippen LogP contribution >= 0.6 is 0 Å². The second-order valence-corrected chi connectivity index (χ2v) is 7.92. The Balaban J connectivity index is 4.35. The molecule has 0 heterocycles. The molecule has 8 nitrogen and oxygen atoms in total. The molecule has 150 valence electrons. The van der Waals surface area contributed by atoms with E-state index in [0.717, 1.165) is 0 Å². The molecule has 0 bridgehead atoms. The van der Waals surface area contributed by atoms with Crippen LogP contribution in [0.15, 0.2) is 0 Å². The van der Waals surface area contributed by atoms with E-state index in [4.69, 9.17) is 18.9 Å². The molecule has 0 aromatic rings. The zero-order valence-electron chi connectivity index (χ0n) is 16.8. The fraction of sp³-hybridized carbons (Fsp3) is 0.778. The van der Waals surface area contributed by atoms with Gasteiger partial charge < -0.3 is 18.9 Å². The van der Waals surface area contributed by atoms with Crippen LogP contribution in [0, 0.1) is 0 Å². The summed E-state index contributed by atoms with van der Waals surface area (Å²) in [5.41, 5.74) is -1.40. The molecule has 0 fully saturated rings. The van der Waals surface area contributed by atoms with Crippen molar-refractivity contribution >= 4 is 23.9 Å². The van der Waals surface area contributed by atoms with Gasteiger partial charge >= 0.3 is 23.9 Å². The van der Waals surface area contributed by atoms with Gasteiger partial charge in [-0.1, -0.05) is 0 Å². The minimum Gasteiger partial charge on any atom is -0.460 e. The Bertz CT molecular complexity index is 476. The lowest BCUT2D eigenvalue weighted by atomic mass is 10.2. The number of hydrogen-bond donors (Lipinski definition) is 0. The highest BCUT2D eigenvalue weighted by Gasteiger charge is 2.26. The molecular formula is C18H30O8. The van der Waals surface area contributed by atoms with E-state index in [1.165, 1.54) is 13.8 Å². The summed E-state index contributed by atoms with van der Waals surface area (Å²) in [6.07, 6.45) is -2.68. The van der Waals surface area contributed by atoms with Crippen LogP contribution in [0.2, 0.25) is 0 Å². The Kier molecular flexibility index (Phi) is 8.76. The maximum absolute atomic E-state index is 11.7. The summed E-state index contributed by atoms with van der Waals surface area (Å²) < 4.78 is 20.1. The number of ether oxygens (including phenoxy) is 4. The van der Waals surface area contributed by atoms with Crippen LogP contribution in [0.1, 0.15) is 68.2 Å². The summed E-state index contributed by atoms with van der Waals surface area (Å²) in [6.45, 7) is 13.1. The minimum absolute atomic E-state index is 0.541. The van der Waals surface area contributed by atoms with Crippen LogP contribution in [-0.2, 0) is 38.1 Å². The average Bonchev–Trinajstić information content (AvgIpc) is 2.32. The van der Waals surface area contributed by atoms with Crippen molar-refractivity contribution in [2.75, 3.05) is 0 Å². The van der Waals surface area contributed by atoms with Crippen molar-refractivity contribution in [1.82, 2.24) is 0 Å². The Morgan fingerprint density at radius 3 is 1.12 bits per heavy atom. The number of carbonyl (C=O) groups is 4. The average molecular weight is 374 g/mol. The van der Waals surface area contributed by atoms with E-state index in [2.05, 4.69) is 0 Å². The van der Waals surface area contributed by atoms with Gasteiger partial charge in [-0.05, 0) is 55.4 Å². The van der Waals surface area contributed by atoms with Gasteiger partial charge in [0.15, 0.2) is 0 Å². The van der Waals surface area contributed by atoms with Gasteiger partial charge in [-0.2, -0.15) is 0 Å². The highest BCUT2D eigenvalue weighted by molar-refractivity contribution is 5.92. The van der Waals surface area contributed by atoms with Crippen molar-refractivity contribution in [2.24, 2.45) is 0 Å². The van der Waals surface area contributed by atoms with Crippen LogP contribution in [0.3, 0.4) is 0 Å². The molecule has 0 spiro atoms. The van der Waals surface area contributed by atoms with E-state index >= 15 is 0 Å². The maximum atomic E-state index is 11.7. The summed E-state index contributed by atoms with van der Waals surface area (Å²) >= 11 is 0. The van der Waals surface area contributed by atoms with E-state index in [1.807, 2.05) is 0 Å². The molecule has 0 aliphatic rings. The lowest BCUT2D eigenvalue weighted by Crippen LogP contribution is -2.33. The quantitative estimate of drug-likeness (QED) is 0.380. The monoisotopic (exact) mass is 374 g/mol. The highest BCUT2D eigenvalue weighted by Crippen LogP contribution is 2.12.